The molecule has 0 bridgehead atoms. The fourth-order valence-corrected chi connectivity index (χ4v) is 2.53. The maximum Gasteiger partial charge on any atom is 0.316 e. The van der Waals surface area contributed by atoms with Crippen molar-refractivity contribution in [3.63, 3.8) is 0 Å². The first kappa shape index (κ1) is 10.7. The first-order valence-electron chi connectivity index (χ1n) is 5.80. The summed E-state index contributed by atoms with van der Waals surface area (Å²) in [5.74, 6) is 0. The molecule has 0 saturated carbocycles. The summed E-state index contributed by atoms with van der Waals surface area (Å²) < 4.78 is 0. The molecule has 2 rings (SSSR count). The number of urea groups is 1. The van der Waals surface area contributed by atoms with E-state index in [4.69, 9.17) is 5.73 Å². The lowest BCUT2D eigenvalue weighted by atomic mass is 10.1. The number of carbonyl (C=O) groups is 1. The minimum atomic E-state index is -0.266. The van der Waals surface area contributed by atoms with Crippen molar-refractivity contribution < 1.29 is 4.79 Å². The van der Waals surface area contributed by atoms with E-state index < -0.39 is 0 Å². The Morgan fingerprint density at radius 1 is 1.20 bits per heavy atom. The van der Waals surface area contributed by atoms with E-state index in [0.717, 1.165) is 45.6 Å². The molecular weight excluding hydrogens is 192 g/mol. The molecule has 2 aliphatic rings. The van der Waals surface area contributed by atoms with Crippen molar-refractivity contribution in [2.24, 2.45) is 5.73 Å². The Balaban J connectivity index is 1.99. The van der Waals surface area contributed by atoms with Crippen LogP contribution in [0.25, 0.3) is 0 Å². The summed E-state index contributed by atoms with van der Waals surface area (Å²) in [5, 5.41) is 3.32. The second kappa shape index (κ2) is 4.81. The quantitative estimate of drug-likeness (QED) is 0.632. The zero-order chi connectivity index (χ0) is 10.7. The molecule has 15 heavy (non-hydrogen) atoms. The number of rotatable bonds is 1. The molecule has 2 amide bonds. The Morgan fingerprint density at radius 3 is 2.60 bits per heavy atom. The van der Waals surface area contributed by atoms with E-state index in [9.17, 15) is 4.79 Å². The molecule has 3 N–H and O–H groups in total. The van der Waals surface area contributed by atoms with Gasteiger partial charge in [0.05, 0.1) is 6.17 Å². The Hall–Kier alpha value is -0.810. The third-order valence-corrected chi connectivity index (χ3v) is 3.33. The molecule has 5 nitrogen and oxygen atoms in total. The lowest BCUT2D eigenvalue weighted by molar-refractivity contribution is 0.0341. The molecule has 0 aromatic heterocycles. The number of piperidine rings is 1. The van der Waals surface area contributed by atoms with E-state index >= 15 is 0 Å². The lowest BCUT2D eigenvalue weighted by Gasteiger charge is -2.43. The highest BCUT2D eigenvalue weighted by atomic mass is 16.2. The van der Waals surface area contributed by atoms with Crippen molar-refractivity contribution in [2.75, 3.05) is 32.7 Å². The van der Waals surface area contributed by atoms with Gasteiger partial charge in [0.1, 0.15) is 0 Å². The smallest absolute Gasteiger partial charge is 0.316 e. The van der Waals surface area contributed by atoms with E-state index in [1.165, 1.54) is 6.42 Å². The van der Waals surface area contributed by atoms with Gasteiger partial charge in [-0.1, -0.05) is 0 Å². The fraction of sp³-hybridized carbons (Fsp3) is 0.900. The molecule has 86 valence electrons. The van der Waals surface area contributed by atoms with E-state index in [1.54, 1.807) is 0 Å². The molecule has 2 aliphatic heterocycles. The van der Waals surface area contributed by atoms with Crippen LogP contribution in [0.5, 0.6) is 0 Å². The third kappa shape index (κ3) is 2.41. The van der Waals surface area contributed by atoms with Crippen LogP contribution in [-0.4, -0.2) is 54.7 Å². The number of carbonyl (C=O) groups excluding carboxylic acids is 1. The molecule has 0 radical (unpaired) electrons. The normalized spacial score (nSPS) is 29.1. The van der Waals surface area contributed by atoms with Gasteiger partial charge in [-0.2, -0.15) is 0 Å². The standard InChI is InChI=1S/C10H20N4O/c11-10(15)14-6-2-1-3-9(14)13-7-4-12-5-8-13/h9,12H,1-8H2,(H2,11,15). The molecule has 2 fully saturated rings. The highest BCUT2D eigenvalue weighted by Gasteiger charge is 2.30. The van der Waals surface area contributed by atoms with Gasteiger partial charge >= 0.3 is 6.03 Å². The average molecular weight is 212 g/mol. The van der Waals surface area contributed by atoms with Gasteiger partial charge in [-0.25, -0.2) is 4.79 Å². The topological polar surface area (TPSA) is 61.6 Å². The summed E-state index contributed by atoms with van der Waals surface area (Å²) in [6.45, 7) is 4.90. The van der Waals surface area contributed by atoms with Crippen molar-refractivity contribution in [3.8, 4) is 0 Å². The molecule has 2 heterocycles. The summed E-state index contributed by atoms with van der Waals surface area (Å²) >= 11 is 0. The van der Waals surface area contributed by atoms with Crippen LogP contribution in [0.4, 0.5) is 4.79 Å². The van der Waals surface area contributed by atoms with Gasteiger partial charge in [0.15, 0.2) is 0 Å². The minimum Gasteiger partial charge on any atom is -0.351 e. The summed E-state index contributed by atoms with van der Waals surface area (Å²) in [6.07, 6.45) is 3.62. The molecule has 5 heteroatoms. The Kier molecular flexibility index (Phi) is 3.43. The Morgan fingerprint density at radius 2 is 1.93 bits per heavy atom. The Bertz CT molecular complexity index is 227. The maximum atomic E-state index is 11.3. The van der Waals surface area contributed by atoms with Gasteiger partial charge in [-0.3, -0.25) is 4.90 Å². The summed E-state index contributed by atoms with van der Waals surface area (Å²) in [7, 11) is 0. The van der Waals surface area contributed by atoms with Crippen LogP contribution < -0.4 is 11.1 Å². The van der Waals surface area contributed by atoms with Gasteiger partial charge < -0.3 is 16.0 Å². The minimum absolute atomic E-state index is 0.248. The molecule has 1 atom stereocenters. The Labute approximate surface area is 90.6 Å². The van der Waals surface area contributed by atoms with Gasteiger partial charge in [0.2, 0.25) is 0 Å². The monoisotopic (exact) mass is 212 g/mol. The molecule has 2 saturated heterocycles. The van der Waals surface area contributed by atoms with Crippen molar-refractivity contribution in [2.45, 2.75) is 25.4 Å². The molecular formula is C10H20N4O. The molecule has 0 spiro atoms. The van der Waals surface area contributed by atoms with Gasteiger partial charge in [0, 0.05) is 32.7 Å². The molecule has 0 aromatic rings. The van der Waals surface area contributed by atoms with Crippen LogP contribution in [-0.2, 0) is 0 Å². The predicted octanol–water partition coefficient (Wildman–Crippen LogP) is -0.218. The number of likely N-dealkylation sites (tertiary alicyclic amines) is 1. The van der Waals surface area contributed by atoms with E-state index in [1.807, 2.05) is 4.90 Å². The summed E-state index contributed by atoms with van der Waals surface area (Å²) in [6, 6.07) is -0.266. The zero-order valence-corrected chi connectivity index (χ0v) is 9.11. The van der Waals surface area contributed by atoms with Gasteiger partial charge in [0.25, 0.3) is 0 Å². The van der Waals surface area contributed by atoms with Crippen LogP contribution in [0, 0.1) is 0 Å². The van der Waals surface area contributed by atoms with Crippen LogP contribution in [0.15, 0.2) is 0 Å². The number of hydrogen-bond acceptors (Lipinski definition) is 3. The summed E-state index contributed by atoms with van der Waals surface area (Å²) in [5.41, 5.74) is 5.41. The third-order valence-electron chi connectivity index (χ3n) is 3.33. The molecule has 1 unspecified atom stereocenters. The SMILES string of the molecule is NC(=O)N1CCCCC1N1CCNCC1. The predicted molar refractivity (Wildman–Crippen MR) is 58.4 cm³/mol. The van der Waals surface area contributed by atoms with E-state index in [0.29, 0.717) is 0 Å². The van der Waals surface area contributed by atoms with Crippen LogP contribution in [0.3, 0.4) is 0 Å². The van der Waals surface area contributed by atoms with Crippen LogP contribution in [0.2, 0.25) is 0 Å². The van der Waals surface area contributed by atoms with E-state index in [-0.39, 0.29) is 12.2 Å². The number of amides is 2. The van der Waals surface area contributed by atoms with Crippen molar-refractivity contribution >= 4 is 6.03 Å². The largest absolute Gasteiger partial charge is 0.351 e. The van der Waals surface area contributed by atoms with Gasteiger partial charge in [-0.05, 0) is 19.3 Å². The molecule has 0 aromatic carbocycles. The number of hydrogen-bond donors (Lipinski definition) is 2. The highest BCUT2D eigenvalue weighted by molar-refractivity contribution is 5.72. The number of nitrogens with zero attached hydrogens (tertiary/aromatic N) is 2. The van der Waals surface area contributed by atoms with Gasteiger partial charge in [-0.15, -0.1) is 0 Å². The zero-order valence-electron chi connectivity index (χ0n) is 9.11. The first-order chi connectivity index (χ1) is 7.29. The van der Waals surface area contributed by atoms with Crippen molar-refractivity contribution in [1.82, 2.24) is 15.1 Å². The highest BCUT2D eigenvalue weighted by Crippen LogP contribution is 2.20. The number of nitrogens with one attached hydrogen (secondary N) is 1. The fourth-order valence-electron chi connectivity index (χ4n) is 2.53. The second-order valence-electron chi connectivity index (χ2n) is 4.29. The number of nitrogens with two attached hydrogens (primary N) is 1. The summed E-state index contributed by atoms with van der Waals surface area (Å²) in [4.78, 5) is 15.5. The second-order valence-corrected chi connectivity index (χ2v) is 4.29. The molecule has 0 aliphatic carbocycles. The number of primary amides is 1. The van der Waals surface area contributed by atoms with Crippen molar-refractivity contribution in [3.05, 3.63) is 0 Å². The van der Waals surface area contributed by atoms with Crippen LogP contribution >= 0.6 is 0 Å². The average Bonchev–Trinajstić information content (AvgIpc) is 2.30. The van der Waals surface area contributed by atoms with Crippen LogP contribution in [0.1, 0.15) is 19.3 Å². The first-order valence-corrected chi connectivity index (χ1v) is 5.80. The van der Waals surface area contributed by atoms with Crippen molar-refractivity contribution in [1.29, 1.82) is 0 Å². The lowest BCUT2D eigenvalue weighted by Crippen LogP contribution is -2.59. The number of piperazine rings is 1. The van der Waals surface area contributed by atoms with E-state index in [2.05, 4.69) is 10.2 Å². The maximum absolute atomic E-state index is 11.3.